The maximum absolute atomic E-state index is 3.74. The second kappa shape index (κ2) is 7.24. The molecule has 1 aromatic rings. The molecule has 0 aromatic heterocycles. The summed E-state index contributed by atoms with van der Waals surface area (Å²) in [7, 11) is 0. The number of allylic oxidation sites excluding steroid dienone is 1. The van der Waals surface area contributed by atoms with Crippen LogP contribution in [0.5, 0.6) is 0 Å². The summed E-state index contributed by atoms with van der Waals surface area (Å²) in [4.78, 5) is 0. The average molecular weight is 217 g/mol. The Labute approximate surface area is 99.6 Å². The van der Waals surface area contributed by atoms with Crippen molar-refractivity contribution in [1.29, 1.82) is 0 Å². The Morgan fingerprint density at radius 2 is 2.12 bits per heavy atom. The van der Waals surface area contributed by atoms with Crippen molar-refractivity contribution in [1.82, 2.24) is 5.32 Å². The molecule has 1 heteroatoms. The topological polar surface area (TPSA) is 12.0 Å². The standard InChI is InChI=1S/C15H23N/c1-4-5-9-14(3)16-12-11-15-10-7-6-8-13(15)2/h4,6-8,10,14,16H,1,5,9,11-12H2,2-3H3. The molecule has 1 atom stereocenters. The maximum Gasteiger partial charge on any atom is 0.00418 e. The molecule has 0 spiro atoms. The molecule has 0 saturated carbocycles. The van der Waals surface area contributed by atoms with Crippen molar-refractivity contribution in [2.45, 2.75) is 39.2 Å². The van der Waals surface area contributed by atoms with Crippen LogP contribution in [0.2, 0.25) is 0 Å². The van der Waals surface area contributed by atoms with Crippen LogP contribution in [0.1, 0.15) is 30.9 Å². The molecule has 0 fully saturated rings. The molecule has 1 unspecified atom stereocenters. The van der Waals surface area contributed by atoms with Gasteiger partial charge < -0.3 is 5.32 Å². The largest absolute Gasteiger partial charge is 0.314 e. The highest BCUT2D eigenvalue weighted by Crippen LogP contribution is 2.07. The van der Waals surface area contributed by atoms with Crippen molar-refractivity contribution in [2.75, 3.05) is 6.54 Å². The molecule has 1 nitrogen and oxygen atoms in total. The molecule has 0 saturated heterocycles. The van der Waals surface area contributed by atoms with E-state index in [0.717, 1.165) is 19.4 Å². The Kier molecular flexibility index (Phi) is 5.87. The summed E-state index contributed by atoms with van der Waals surface area (Å²) < 4.78 is 0. The van der Waals surface area contributed by atoms with Gasteiger partial charge >= 0.3 is 0 Å². The van der Waals surface area contributed by atoms with E-state index in [1.54, 1.807) is 0 Å². The molecular formula is C15H23N. The van der Waals surface area contributed by atoms with E-state index < -0.39 is 0 Å². The Hall–Kier alpha value is -1.08. The molecule has 0 bridgehead atoms. The Balaban J connectivity index is 2.25. The summed E-state index contributed by atoms with van der Waals surface area (Å²) in [6.07, 6.45) is 5.38. The number of aryl methyl sites for hydroxylation is 1. The molecule has 0 amide bonds. The first-order valence-electron chi connectivity index (χ1n) is 6.13. The second-order valence-corrected chi connectivity index (χ2v) is 4.40. The fourth-order valence-electron chi connectivity index (χ4n) is 1.81. The predicted molar refractivity (Wildman–Crippen MR) is 71.8 cm³/mol. The van der Waals surface area contributed by atoms with Gasteiger partial charge in [-0.3, -0.25) is 0 Å². The zero-order valence-electron chi connectivity index (χ0n) is 10.5. The Bertz CT molecular complexity index is 317. The highest BCUT2D eigenvalue weighted by atomic mass is 14.9. The Morgan fingerprint density at radius 1 is 1.38 bits per heavy atom. The van der Waals surface area contributed by atoms with E-state index in [1.807, 2.05) is 6.08 Å². The number of hydrogen-bond acceptors (Lipinski definition) is 1. The fraction of sp³-hybridized carbons (Fsp3) is 0.467. The summed E-state index contributed by atoms with van der Waals surface area (Å²) in [6.45, 7) is 9.22. The van der Waals surface area contributed by atoms with Crippen molar-refractivity contribution in [3.8, 4) is 0 Å². The van der Waals surface area contributed by atoms with E-state index in [4.69, 9.17) is 0 Å². The van der Waals surface area contributed by atoms with Gasteiger partial charge in [0.1, 0.15) is 0 Å². The SMILES string of the molecule is C=CCCC(C)NCCc1ccccc1C. The molecule has 0 aliphatic rings. The van der Waals surface area contributed by atoms with Crippen LogP contribution in [0.25, 0.3) is 0 Å². The van der Waals surface area contributed by atoms with Gasteiger partial charge in [0.25, 0.3) is 0 Å². The monoisotopic (exact) mass is 217 g/mol. The van der Waals surface area contributed by atoms with Crippen LogP contribution in [0.4, 0.5) is 0 Å². The van der Waals surface area contributed by atoms with Gasteiger partial charge in [-0.15, -0.1) is 6.58 Å². The molecule has 1 aromatic carbocycles. The first kappa shape index (κ1) is 13.0. The number of rotatable bonds is 7. The minimum absolute atomic E-state index is 0.585. The van der Waals surface area contributed by atoms with Crippen LogP contribution in [-0.2, 0) is 6.42 Å². The lowest BCUT2D eigenvalue weighted by atomic mass is 10.1. The van der Waals surface area contributed by atoms with Gasteiger partial charge in [0.05, 0.1) is 0 Å². The molecule has 88 valence electrons. The zero-order chi connectivity index (χ0) is 11.8. The zero-order valence-corrected chi connectivity index (χ0v) is 10.5. The van der Waals surface area contributed by atoms with Crippen LogP contribution in [-0.4, -0.2) is 12.6 Å². The molecule has 0 heterocycles. The molecule has 1 N–H and O–H groups in total. The van der Waals surface area contributed by atoms with Gasteiger partial charge in [-0.05, 0) is 50.8 Å². The van der Waals surface area contributed by atoms with Gasteiger partial charge in [0, 0.05) is 6.04 Å². The highest BCUT2D eigenvalue weighted by molar-refractivity contribution is 5.25. The van der Waals surface area contributed by atoms with Gasteiger partial charge in [0.15, 0.2) is 0 Å². The number of benzene rings is 1. The number of hydrogen-bond donors (Lipinski definition) is 1. The van der Waals surface area contributed by atoms with E-state index in [1.165, 1.54) is 17.5 Å². The van der Waals surface area contributed by atoms with Gasteiger partial charge in [-0.25, -0.2) is 0 Å². The van der Waals surface area contributed by atoms with Crippen molar-refractivity contribution in [3.05, 3.63) is 48.0 Å². The van der Waals surface area contributed by atoms with Crippen LogP contribution in [0.15, 0.2) is 36.9 Å². The van der Waals surface area contributed by atoms with Crippen LogP contribution < -0.4 is 5.32 Å². The van der Waals surface area contributed by atoms with Crippen molar-refractivity contribution in [2.24, 2.45) is 0 Å². The molecule has 0 aliphatic heterocycles. The molecular weight excluding hydrogens is 194 g/mol. The average Bonchev–Trinajstić information content (AvgIpc) is 2.29. The summed E-state index contributed by atoms with van der Waals surface area (Å²) in [5, 5.41) is 3.55. The van der Waals surface area contributed by atoms with Crippen LogP contribution in [0.3, 0.4) is 0 Å². The quantitative estimate of drug-likeness (QED) is 0.689. The lowest BCUT2D eigenvalue weighted by Crippen LogP contribution is -2.27. The molecule has 16 heavy (non-hydrogen) atoms. The number of nitrogens with one attached hydrogen (secondary N) is 1. The van der Waals surface area contributed by atoms with Gasteiger partial charge in [-0.1, -0.05) is 30.3 Å². The minimum atomic E-state index is 0.585. The van der Waals surface area contributed by atoms with E-state index in [-0.39, 0.29) is 0 Å². The third kappa shape index (κ3) is 4.63. The van der Waals surface area contributed by atoms with E-state index in [9.17, 15) is 0 Å². The van der Waals surface area contributed by atoms with Crippen molar-refractivity contribution in [3.63, 3.8) is 0 Å². The highest BCUT2D eigenvalue weighted by Gasteiger charge is 2.00. The predicted octanol–water partition coefficient (Wildman–Crippen LogP) is 3.48. The van der Waals surface area contributed by atoms with Crippen LogP contribution >= 0.6 is 0 Å². The van der Waals surface area contributed by atoms with Gasteiger partial charge in [-0.2, -0.15) is 0 Å². The first-order chi connectivity index (χ1) is 7.74. The van der Waals surface area contributed by atoms with Gasteiger partial charge in [0.2, 0.25) is 0 Å². The third-order valence-corrected chi connectivity index (χ3v) is 2.95. The third-order valence-electron chi connectivity index (χ3n) is 2.95. The first-order valence-corrected chi connectivity index (χ1v) is 6.13. The fourth-order valence-corrected chi connectivity index (χ4v) is 1.81. The smallest absolute Gasteiger partial charge is 0.00418 e. The molecule has 1 rings (SSSR count). The van der Waals surface area contributed by atoms with E-state index >= 15 is 0 Å². The molecule has 0 radical (unpaired) electrons. The lowest BCUT2D eigenvalue weighted by molar-refractivity contribution is 0.521. The Morgan fingerprint density at radius 3 is 2.81 bits per heavy atom. The van der Waals surface area contributed by atoms with E-state index in [0.29, 0.717) is 6.04 Å². The lowest BCUT2D eigenvalue weighted by Gasteiger charge is -2.13. The summed E-state index contributed by atoms with van der Waals surface area (Å²) in [5.41, 5.74) is 2.84. The minimum Gasteiger partial charge on any atom is -0.314 e. The summed E-state index contributed by atoms with van der Waals surface area (Å²) >= 11 is 0. The second-order valence-electron chi connectivity index (χ2n) is 4.40. The van der Waals surface area contributed by atoms with Crippen molar-refractivity contribution >= 4 is 0 Å². The summed E-state index contributed by atoms with van der Waals surface area (Å²) in [6, 6.07) is 9.19. The molecule has 0 aliphatic carbocycles. The van der Waals surface area contributed by atoms with E-state index in [2.05, 4.69) is 50.0 Å². The summed E-state index contributed by atoms with van der Waals surface area (Å²) in [5.74, 6) is 0. The van der Waals surface area contributed by atoms with Crippen molar-refractivity contribution < 1.29 is 0 Å². The maximum atomic E-state index is 3.74. The van der Waals surface area contributed by atoms with Crippen LogP contribution in [0, 0.1) is 6.92 Å². The normalized spacial score (nSPS) is 12.4.